The molecule has 0 N–H and O–H groups in total. The lowest BCUT2D eigenvalue weighted by Gasteiger charge is -2.18. The summed E-state index contributed by atoms with van der Waals surface area (Å²) in [5.41, 5.74) is 0.836. The lowest BCUT2D eigenvalue weighted by molar-refractivity contribution is -0.159. The van der Waals surface area contributed by atoms with Gasteiger partial charge in [-0.3, -0.25) is 4.31 Å². The molecule has 2 aromatic carbocycles. The van der Waals surface area contributed by atoms with Gasteiger partial charge in [-0.2, -0.15) is 23.3 Å². The highest BCUT2D eigenvalue weighted by atomic mass is 32.2. The second kappa shape index (κ2) is 7.75. The molecule has 2 aromatic heterocycles. The van der Waals surface area contributed by atoms with Crippen molar-refractivity contribution in [2.45, 2.75) is 11.1 Å². The summed E-state index contributed by atoms with van der Waals surface area (Å²) in [5, 5.41) is 7.33. The molecule has 0 saturated carbocycles. The third kappa shape index (κ3) is 4.06. The highest BCUT2D eigenvalue weighted by Gasteiger charge is 2.38. The Balaban J connectivity index is 1.57. The van der Waals surface area contributed by atoms with E-state index in [1.165, 1.54) is 60.4 Å². The number of benzene rings is 2. The van der Waals surface area contributed by atoms with Crippen molar-refractivity contribution in [2.24, 2.45) is 0 Å². The molecule has 4 rings (SSSR count). The molecule has 4 aromatic rings. The van der Waals surface area contributed by atoms with E-state index in [2.05, 4.69) is 19.8 Å². The molecule has 0 aliphatic carbocycles. The number of rotatable bonds is 5. The van der Waals surface area contributed by atoms with Crippen molar-refractivity contribution in [2.75, 3.05) is 11.4 Å². The fourth-order valence-electron chi connectivity index (χ4n) is 2.77. The van der Waals surface area contributed by atoms with Crippen LogP contribution in [0.4, 0.5) is 23.2 Å². The Morgan fingerprint density at radius 1 is 1.09 bits per heavy atom. The zero-order valence-electron chi connectivity index (χ0n) is 16.2. The maximum atomic E-state index is 13.5. The van der Waals surface area contributed by atoms with Crippen LogP contribution in [0.2, 0.25) is 0 Å². The molecule has 0 aliphatic heterocycles. The molecule has 0 aliphatic rings. The van der Waals surface area contributed by atoms with E-state index in [-0.39, 0.29) is 22.0 Å². The lowest BCUT2D eigenvalue weighted by Crippen LogP contribution is -2.26. The van der Waals surface area contributed by atoms with E-state index in [0.29, 0.717) is 5.69 Å². The van der Waals surface area contributed by atoms with Gasteiger partial charge in [0.25, 0.3) is 10.0 Å². The smallest absolute Gasteiger partial charge is 0.329 e. The van der Waals surface area contributed by atoms with Gasteiger partial charge in [0.15, 0.2) is 0 Å². The number of halogens is 4. The van der Waals surface area contributed by atoms with E-state index >= 15 is 0 Å². The number of aromatic nitrogens is 4. The molecule has 0 radical (unpaired) electrons. The van der Waals surface area contributed by atoms with Crippen LogP contribution in [0.25, 0.3) is 17.1 Å². The van der Waals surface area contributed by atoms with Gasteiger partial charge in [-0.1, -0.05) is 11.2 Å². The van der Waals surface area contributed by atoms with Gasteiger partial charge in [-0.25, -0.2) is 17.5 Å². The molecular weight excluding hydrogens is 454 g/mol. The van der Waals surface area contributed by atoms with Crippen LogP contribution >= 0.6 is 0 Å². The summed E-state index contributed by atoms with van der Waals surface area (Å²) in [6, 6.07) is 11.0. The van der Waals surface area contributed by atoms with Gasteiger partial charge in [-0.05, 0) is 42.5 Å². The average molecular weight is 467 g/mol. The van der Waals surface area contributed by atoms with Crippen LogP contribution in [0.15, 0.2) is 70.3 Å². The molecule has 166 valence electrons. The molecule has 0 bridgehead atoms. The second-order valence-electron chi connectivity index (χ2n) is 6.54. The van der Waals surface area contributed by atoms with Crippen LogP contribution < -0.4 is 4.31 Å². The summed E-state index contributed by atoms with van der Waals surface area (Å²) >= 11 is 0. The van der Waals surface area contributed by atoms with Crippen molar-refractivity contribution in [3.05, 3.63) is 72.6 Å². The maximum Gasteiger partial charge on any atom is 0.471 e. The summed E-state index contributed by atoms with van der Waals surface area (Å²) < 4.78 is 83.4. The molecule has 0 atom stereocenters. The number of sulfonamides is 1. The molecule has 0 unspecified atom stereocenters. The van der Waals surface area contributed by atoms with Crippen molar-refractivity contribution in [3.63, 3.8) is 0 Å². The van der Waals surface area contributed by atoms with Crippen LogP contribution in [0.5, 0.6) is 0 Å². The number of hydrogen-bond acceptors (Lipinski definition) is 6. The highest BCUT2D eigenvalue weighted by molar-refractivity contribution is 7.92. The first-order valence-corrected chi connectivity index (χ1v) is 10.3. The van der Waals surface area contributed by atoms with Crippen LogP contribution in [0.3, 0.4) is 0 Å². The SMILES string of the molecule is CN(c1cccc(F)c1)S(=O)(=O)c1cnn(-c2ccc(-c3noc(C(F)(F)F)n3)cc2)c1. The van der Waals surface area contributed by atoms with Gasteiger partial charge in [0, 0.05) is 12.6 Å². The highest BCUT2D eigenvalue weighted by Crippen LogP contribution is 2.29. The summed E-state index contributed by atoms with van der Waals surface area (Å²) in [7, 11) is -2.73. The molecule has 32 heavy (non-hydrogen) atoms. The van der Waals surface area contributed by atoms with E-state index in [0.717, 1.165) is 16.6 Å². The predicted octanol–water partition coefficient (Wildman–Crippen LogP) is 3.91. The first kappa shape index (κ1) is 21.5. The normalized spacial score (nSPS) is 12.2. The third-order valence-electron chi connectivity index (χ3n) is 4.45. The zero-order chi connectivity index (χ0) is 23.1. The molecular formula is C19H13F4N5O3S. The van der Waals surface area contributed by atoms with Crippen molar-refractivity contribution in [1.29, 1.82) is 0 Å². The quantitative estimate of drug-likeness (QED) is 0.413. The van der Waals surface area contributed by atoms with Crippen molar-refractivity contribution >= 4 is 15.7 Å². The summed E-state index contributed by atoms with van der Waals surface area (Å²) in [4.78, 5) is 3.17. The Morgan fingerprint density at radius 3 is 2.44 bits per heavy atom. The zero-order valence-corrected chi connectivity index (χ0v) is 17.0. The minimum Gasteiger partial charge on any atom is -0.329 e. The van der Waals surface area contributed by atoms with Crippen LogP contribution in [-0.2, 0) is 16.2 Å². The summed E-state index contributed by atoms with van der Waals surface area (Å²) in [6.07, 6.45) is -2.36. The number of nitrogens with zero attached hydrogens (tertiary/aromatic N) is 5. The van der Waals surface area contributed by atoms with Gasteiger partial charge in [0.1, 0.15) is 10.7 Å². The predicted molar refractivity (Wildman–Crippen MR) is 104 cm³/mol. The van der Waals surface area contributed by atoms with Crippen molar-refractivity contribution in [1.82, 2.24) is 19.9 Å². The Morgan fingerprint density at radius 2 is 1.81 bits per heavy atom. The summed E-state index contributed by atoms with van der Waals surface area (Å²) in [6.45, 7) is 0. The van der Waals surface area contributed by atoms with Gasteiger partial charge >= 0.3 is 12.1 Å². The molecule has 0 fully saturated rings. The van der Waals surface area contributed by atoms with Crippen molar-refractivity contribution < 1.29 is 30.5 Å². The maximum absolute atomic E-state index is 13.5. The molecule has 0 amide bonds. The van der Waals surface area contributed by atoms with Crippen molar-refractivity contribution in [3.8, 4) is 17.1 Å². The molecule has 8 nitrogen and oxygen atoms in total. The minimum absolute atomic E-state index is 0.138. The first-order valence-electron chi connectivity index (χ1n) is 8.86. The standard InChI is InChI=1S/C19H13F4N5O3S/c1-27(15-4-2-3-13(20)9-15)32(29,30)16-10-24-28(11-16)14-7-5-12(6-8-14)17-25-18(31-26-17)19(21,22)23/h2-11H,1H3. The number of alkyl halides is 3. The average Bonchev–Trinajstić information content (AvgIpc) is 3.43. The molecule has 0 saturated heterocycles. The van der Waals surface area contributed by atoms with Gasteiger partial charge < -0.3 is 4.52 Å². The molecule has 0 spiro atoms. The summed E-state index contributed by atoms with van der Waals surface area (Å²) in [5.74, 6) is -2.28. The number of hydrogen-bond donors (Lipinski definition) is 0. The van der Waals surface area contributed by atoms with E-state index < -0.39 is 27.9 Å². The van der Waals surface area contributed by atoms with Gasteiger partial charge in [-0.15, -0.1) is 0 Å². The Labute approximate surface area is 178 Å². The fourth-order valence-corrected chi connectivity index (χ4v) is 3.89. The Kier molecular flexibility index (Phi) is 5.20. The minimum atomic E-state index is -4.75. The fraction of sp³-hybridized carbons (Fsp3) is 0.105. The topological polar surface area (TPSA) is 94.1 Å². The Bertz CT molecular complexity index is 1360. The van der Waals surface area contributed by atoms with Crippen LogP contribution in [-0.4, -0.2) is 35.4 Å². The van der Waals surface area contributed by atoms with E-state index in [4.69, 9.17) is 0 Å². The number of anilines is 1. The van der Waals surface area contributed by atoms with Gasteiger partial charge in [0.2, 0.25) is 5.82 Å². The first-order chi connectivity index (χ1) is 15.1. The largest absolute Gasteiger partial charge is 0.471 e. The third-order valence-corrected chi connectivity index (χ3v) is 6.19. The molecule has 2 heterocycles. The Hall–Kier alpha value is -3.74. The van der Waals surface area contributed by atoms with Gasteiger partial charge in [0.05, 0.1) is 23.8 Å². The monoisotopic (exact) mass is 467 g/mol. The van der Waals surface area contributed by atoms with E-state index in [1.807, 2.05) is 0 Å². The second-order valence-corrected chi connectivity index (χ2v) is 8.51. The van der Waals surface area contributed by atoms with Crippen LogP contribution in [0, 0.1) is 5.82 Å². The lowest BCUT2D eigenvalue weighted by atomic mass is 10.2. The van der Waals surface area contributed by atoms with E-state index in [1.54, 1.807) is 0 Å². The molecule has 13 heteroatoms. The van der Waals surface area contributed by atoms with E-state index in [9.17, 15) is 26.0 Å². The van der Waals surface area contributed by atoms with Crippen LogP contribution in [0.1, 0.15) is 5.89 Å².